The number of allylic oxidation sites excluding steroid dienone is 1. The smallest absolute Gasteiger partial charge is 0.416 e. The lowest BCUT2D eigenvalue weighted by Crippen LogP contribution is -2.51. The minimum absolute atomic E-state index is 0.126. The number of nitrogens with one attached hydrogen (secondary N) is 1. The number of amides is 2. The topological polar surface area (TPSA) is 123 Å². The Kier molecular flexibility index (Phi) is 8.81. The van der Waals surface area contributed by atoms with Crippen molar-refractivity contribution in [3.8, 4) is 0 Å². The highest BCUT2D eigenvalue weighted by Gasteiger charge is 2.32. The molecule has 4 heterocycles. The van der Waals surface area contributed by atoms with Gasteiger partial charge in [0.25, 0.3) is 5.56 Å². The summed E-state index contributed by atoms with van der Waals surface area (Å²) in [7, 11) is 0. The maximum Gasteiger partial charge on any atom is 0.416 e. The molecule has 0 unspecified atom stereocenters. The van der Waals surface area contributed by atoms with Gasteiger partial charge in [-0.15, -0.1) is 5.10 Å². The van der Waals surface area contributed by atoms with E-state index in [4.69, 9.17) is 9.47 Å². The van der Waals surface area contributed by atoms with Crippen LogP contribution in [0.15, 0.2) is 35.1 Å². The largest absolute Gasteiger partial charge is 0.490 e. The van der Waals surface area contributed by atoms with Gasteiger partial charge in [-0.2, -0.15) is 22.7 Å². The van der Waals surface area contributed by atoms with Crippen molar-refractivity contribution in [3.05, 3.63) is 57.8 Å². The summed E-state index contributed by atoms with van der Waals surface area (Å²) in [5, 5.41) is 7.10. The van der Waals surface area contributed by atoms with E-state index in [1.165, 1.54) is 12.1 Å². The van der Waals surface area contributed by atoms with E-state index in [1.807, 2.05) is 17.9 Å². The van der Waals surface area contributed by atoms with Crippen LogP contribution in [-0.2, 0) is 33.4 Å². The van der Waals surface area contributed by atoms with Crippen LogP contribution in [0, 0.1) is 0 Å². The molecule has 5 rings (SSSR count). The molecule has 1 fully saturated rings. The molecule has 0 saturated carbocycles. The predicted molar refractivity (Wildman–Crippen MR) is 160 cm³/mol. The van der Waals surface area contributed by atoms with Crippen LogP contribution in [0.5, 0.6) is 0 Å². The van der Waals surface area contributed by atoms with E-state index < -0.39 is 34.9 Å². The van der Waals surface area contributed by atoms with Gasteiger partial charge in [0.1, 0.15) is 17.8 Å². The number of aromatic nitrogens is 4. The highest BCUT2D eigenvalue weighted by molar-refractivity contribution is 5.91. The molecule has 0 radical (unpaired) electrons. The van der Waals surface area contributed by atoms with Crippen LogP contribution in [0.4, 0.5) is 29.3 Å². The normalized spacial score (nSPS) is 15.9. The summed E-state index contributed by atoms with van der Waals surface area (Å²) >= 11 is 0. The van der Waals surface area contributed by atoms with Gasteiger partial charge in [-0.3, -0.25) is 9.59 Å². The Morgan fingerprint density at radius 2 is 1.76 bits per heavy atom. The summed E-state index contributed by atoms with van der Waals surface area (Å²) in [6, 6.07) is 4.14. The molecule has 45 heavy (non-hydrogen) atoms. The van der Waals surface area contributed by atoms with Gasteiger partial charge in [0, 0.05) is 31.9 Å². The van der Waals surface area contributed by atoms with Crippen molar-refractivity contribution in [2.45, 2.75) is 65.3 Å². The molecule has 2 aromatic heterocycles. The average molecular weight is 632 g/mol. The fraction of sp³-hybridized carbons (Fsp3) is 0.500. The van der Waals surface area contributed by atoms with Gasteiger partial charge in [-0.1, -0.05) is 6.92 Å². The van der Waals surface area contributed by atoms with Crippen molar-refractivity contribution in [1.29, 1.82) is 0 Å². The van der Waals surface area contributed by atoms with Gasteiger partial charge < -0.3 is 29.2 Å². The molecule has 3 aromatic rings. The number of fused-ring (bicyclic) bond motifs is 1. The van der Waals surface area contributed by atoms with Crippen molar-refractivity contribution in [2.24, 2.45) is 0 Å². The number of hydrogen-bond acceptors (Lipinski definition) is 8. The Morgan fingerprint density at radius 3 is 2.33 bits per heavy atom. The van der Waals surface area contributed by atoms with Crippen LogP contribution in [0.3, 0.4) is 0 Å². The first-order valence-corrected chi connectivity index (χ1v) is 14.8. The Labute approximate surface area is 257 Å². The van der Waals surface area contributed by atoms with Crippen molar-refractivity contribution in [1.82, 2.24) is 24.1 Å². The lowest BCUT2D eigenvalue weighted by Gasteiger charge is -2.37. The Bertz CT molecular complexity index is 1660. The lowest BCUT2D eigenvalue weighted by molar-refractivity contribution is -0.137. The van der Waals surface area contributed by atoms with Crippen LogP contribution in [0.2, 0.25) is 0 Å². The highest BCUT2D eigenvalue weighted by atomic mass is 19.4. The molecule has 242 valence electrons. The number of carbonyl (C=O) groups excluding carboxylic acids is 2. The van der Waals surface area contributed by atoms with Gasteiger partial charge in [-0.25, -0.2) is 4.79 Å². The fourth-order valence-corrected chi connectivity index (χ4v) is 5.27. The van der Waals surface area contributed by atoms with E-state index >= 15 is 0 Å². The molecule has 0 atom stereocenters. The molecule has 2 amide bonds. The number of piperazine rings is 1. The van der Waals surface area contributed by atoms with E-state index in [-0.39, 0.29) is 23.8 Å². The molecule has 0 bridgehead atoms. The third kappa shape index (κ3) is 7.07. The van der Waals surface area contributed by atoms with Crippen molar-refractivity contribution in [3.63, 3.8) is 0 Å². The number of anilines is 2. The number of hydrogen-bond donors (Lipinski definition) is 1. The average Bonchev–Trinajstić information content (AvgIpc) is 3.44. The number of benzene rings is 1. The minimum atomic E-state index is -4.50. The molecule has 2 aliphatic heterocycles. The lowest BCUT2D eigenvalue weighted by atomic mass is 10.2. The standard InChI is InChI=1S/C30H36F3N7O5/c1-5-21-24(37-13-15-38(16-14-37)28(43)45-29(2,3)4)26(42)40-27(35-25(36-40)22-8-6-7-17-44-22)39(21)18-23(41)34-20-11-9-19(10-12-20)30(31,32)33/h8-12H,5-7,13-18H2,1-4H3,(H,34,41). The highest BCUT2D eigenvalue weighted by Crippen LogP contribution is 2.30. The molecule has 2 aliphatic rings. The van der Waals surface area contributed by atoms with Crippen LogP contribution in [0.1, 0.15) is 57.6 Å². The molecule has 12 nitrogen and oxygen atoms in total. The summed E-state index contributed by atoms with van der Waals surface area (Å²) in [6.45, 7) is 8.70. The van der Waals surface area contributed by atoms with Crippen LogP contribution in [0.25, 0.3) is 11.5 Å². The fourth-order valence-electron chi connectivity index (χ4n) is 5.27. The second-order valence-electron chi connectivity index (χ2n) is 11.8. The van der Waals surface area contributed by atoms with Gasteiger partial charge in [-0.05, 0) is 70.4 Å². The SMILES string of the molecule is CCc1c(N2CCN(C(=O)OC(C)(C)C)CC2)c(=O)n2nc(C3=CCCCO3)nc2n1CC(=O)Nc1ccc(C(F)(F)F)cc1. The van der Waals surface area contributed by atoms with Gasteiger partial charge >= 0.3 is 12.3 Å². The zero-order valence-corrected chi connectivity index (χ0v) is 25.6. The number of alkyl halides is 3. The zero-order chi connectivity index (χ0) is 32.5. The first kappa shape index (κ1) is 31.9. The Balaban J connectivity index is 1.49. The summed E-state index contributed by atoms with van der Waals surface area (Å²) in [4.78, 5) is 48.0. The quantitative estimate of drug-likeness (QED) is 0.427. The van der Waals surface area contributed by atoms with Crippen LogP contribution >= 0.6 is 0 Å². The number of rotatable bonds is 6. The van der Waals surface area contributed by atoms with E-state index in [0.717, 1.165) is 29.5 Å². The van der Waals surface area contributed by atoms with Crippen LogP contribution < -0.4 is 15.8 Å². The summed E-state index contributed by atoms with van der Waals surface area (Å²) < 4.78 is 53.0. The molecule has 1 aromatic carbocycles. The van der Waals surface area contributed by atoms with Gasteiger partial charge in [0.15, 0.2) is 5.76 Å². The third-order valence-corrected chi connectivity index (χ3v) is 7.36. The van der Waals surface area contributed by atoms with Crippen molar-refractivity contribution >= 4 is 34.9 Å². The Hall–Kier alpha value is -4.56. The first-order chi connectivity index (χ1) is 21.2. The maximum absolute atomic E-state index is 14.0. The van der Waals surface area contributed by atoms with Crippen molar-refractivity contribution in [2.75, 3.05) is 43.0 Å². The first-order valence-electron chi connectivity index (χ1n) is 14.8. The monoisotopic (exact) mass is 631 g/mol. The number of ether oxygens (including phenoxy) is 2. The second-order valence-corrected chi connectivity index (χ2v) is 11.8. The second kappa shape index (κ2) is 12.4. The number of nitrogens with zero attached hydrogens (tertiary/aromatic N) is 6. The van der Waals surface area contributed by atoms with Gasteiger partial charge in [0.2, 0.25) is 17.5 Å². The number of carbonyl (C=O) groups is 2. The minimum Gasteiger partial charge on any atom is -0.490 e. The maximum atomic E-state index is 14.0. The van der Waals surface area contributed by atoms with E-state index in [1.54, 1.807) is 30.2 Å². The summed E-state index contributed by atoms with van der Waals surface area (Å²) in [6.07, 6.45) is -1.14. The molecule has 15 heteroatoms. The van der Waals surface area contributed by atoms with E-state index in [9.17, 15) is 27.6 Å². The molecule has 0 spiro atoms. The zero-order valence-electron chi connectivity index (χ0n) is 25.6. The van der Waals surface area contributed by atoms with E-state index in [2.05, 4.69) is 15.4 Å². The van der Waals surface area contributed by atoms with Crippen LogP contribution in [-0.4, -0.2) is 74.5 Å². The molecular formula is C30H36F3N7O5. The van der Waals surface area contributed by atoms with Crippen molar-refractivity contribution < 1.29 is 32.2 Å². The summed E-state index contributed by atoms with van der Waals surface area (Å²) in [5.41, 5.74) is -0.871. The molecule has 1 N–H and O–H groups in total. The predicted octanol–water partition coefficient (Wildman–Crippen LogP) is 4.32. The number of halogens is 3. The molecule has 0 aliphatic carbocycles. The Morgan fingerprint density at radius 1 is 1.07 bits per heavy atom. The third-order valence-electron chi connectivity index (χ3n) is 7.36. The molecular weight excluding hydrogens is 595 g/mol. The van der Waals surface area contributed by atoms with E-state index in [0.29, 0.717) is 56.3 Å². The molecule has 1 saturated heterocycles. The van der Waals surface area contributed by atoms with Gasteiger partial charge in [0.05, 0.1) is 17.9 Å². The summed E-state index contributed by atoms with van der Waals surface area (Å²) in [5.74, 6) is 0.238.